The van der Waals surface area contributed by atoms with Gasteiger partial charge in [-0.3, -0.25) is 0 Å². The van der Waals surface area contributed by atoms with Gasteiger partial charge in [-0.25, -0.2) is 9.78 Å². The molecule has 0 saturated heterocycles. The molecule has 1 aromatic heterocycles. The number of rotatable bonds is 2. The maximum Gasteiger partial charge on any atom is 0.359 e. The van der Waals surface area contributed by atoms with Gasteiger partial charge in [0.2, 0.25) is 0 Å². The number of oxazole rings is 1. The number of nitrogens with zero attached hydrogens (tertiary/aromatic N) is 2. The SMILES string of the molecule is CN(C)OC(=O)c1cc(Cl)cc2ocnc12. The molecule has 0 spiro atoms. The summed E-state index contributed by atoms with van der Waals surface area (Å²) in [6, 6.07) is 3.09. The molecule has 84 valence electrons. The van der Waals surface area contributed by atoms with E-state index in [4.69, 9.17) is 20.9 Å². The van der Waals surface area contributed by atoms with Crippen LogP contribution in [-0.2, 0) is 4.84 Å². The summed E-state index contributed by atoms with van der Waals surface area (Å²) < 4.78 is 5.08. The van der Waals surface area contributed by atoms with Crippen molar-refractivity contribution in [2.24, 2.45) is 0 Å². The molecule has 6 heteroatoms. The third kappa shape index (κ3) is 2.00. The Morgan fingerprint density at radius 1 is 1.50 bits per heavy atom. The highest BCUT2D eigenvalue weighted by atomic mass is 35.5. The maximum atomic E-state index is 11.7. The summed E-state index contributed by atoms with van der Waals surface area (Å²) in [5.41, 5.74) is 1.18. The third-order valence-electron chi connectivity index (χ3n) is 1.89. The van der Waals surface area contributed by atoms with Crippen molar-refractivity contribution in [3.63, 3.8) is 0 Å². The molecular weight excluding hydrogens is 232 g/mol. The number of benzene rings is 1. The van der Waals surface area contributed by atoms with Crippen LogP contribution in [0.25, 0.3) is 11.1 Å². The van der Waals surface area contributed by atoms with Crippen LogP contribution in [0.5, 0.6) is 0 Å². The van der Waals surface area contributed by atoms with E-state index in [1.807, 2.05) is 0 Å². The molecule has 0 amide bonds. The first-order valence-electron chi connectivity index (χ1n) is 4.50. The minimum absolute atomic E-state index is 0.282. The second-order valence-corrected chi connectivity index (χ2v) is 3.78. The van der Waals surface area contributed by atoms with Gasteiger partial charge in [0.25, 0.3) is 0 Å². The first kappa shape index (κ1) is 10.9. The van der Waals surface area contributed by atoms with Crippen LogP contribution < -0.4 is 0 Å². The molecule has 1 heterocycles. The second kappa shape index (κ2) is 4.11. The van der Waals surface area contributed by atoms with Gasteiger partial charge >= 0.3 is 5.97 Å². The molecular formula is C10H9ClN2O3. The molecule has 5 nitrogen and oxygen atoms in total. The predicted octanol–water partition coefficient (Wildman–Crippen LogP) is 2.11. The number of hydrogen-bond acceptors (Lipinski definition) is 5. The molecule has 0 aliphatic heterocycles. The van der Waals surface area contributed by atoms with E-state index in [0.717, 1.165) is 0 Å². The minimum Gasteiger partial charge on any atom is -0.443 e. The van der Waals surface area contributed by atoms with Gasteiger partial charge in [0.05, 0.1) is 5.56 Å². The lowest BCUT2D eigenvalue weighted by molar-refractivity contribution is -0.0711. The summed E-state index contributed by atoms with van der Waals surface area (Å²) >= 11 is 5.85. The highest BCUT2D eigenvalue weighted by Crippen LogP contribution is 2.23. The normalized spacial score (nSPS) is 11.0. The molecule has 0 radical (unpaired) electrons. The molecule has 16 heavy (non-hydrogen) atoms. The smallest absolute Gasteiger partial charge is 0.359 e. The first-order chi connectivity index (χ1) is 7.58. The highest BCUT2D eigenvalue weighted by molar-refractivity contribution is 6.31. The quantitative estimate of drug-likeness (QED) is 0.753. The zero-order valence-corrected chi connectivity index (χ0v) is 9.49. The fourth-order valence-corrected chi connectivity index (χ4v) is 1.51. The average molecular weight is 241 g/mol. The minimum atomic E-state index is -0.522. The van der Waals surface area contributed by atoms with Crippen LogP contribution in [0.1, 0.15) is 10.4 Å². The van der Waals surface area contributed by atoms with Gasteiger partial charge in [-0.15, -0.1) is 5.06 Å². The molecule has 0 atom stereocenters. The summed E-state index contributed by atoms with van der Waals surface area (Å²) in [5, 5.41) is 1.70. The Morgan fingerprint density at radius 3 is 2.94 bits per heavy atom. The number of fused-ring (bicyclic) bond motifs is 1. The molecule has 0 unspecified atom stereocenters. The third-order valence-corrected chi connectivity index (χ3v) is 2.10. The Kier molecular flexibility index (Phi) is 2.80. The van der Waals surface area contributed by atoms with E-state index in [9.17, 15) is 4.79 Å². The van der Waals surface area contributed by atoms with Crippen LogP contribution in [0.3, 0.4) is 0 Å². The number of halogens is 1. The summed E-state index contributed by atoms with van der Waals surface area (Å²) in [5.74, 6) is -0.522. The van der Waals surface area contributed by atoms with Crippen molar-refractivity contribution >= 4 is 28.7 Å². The van der Waals surface area contributed by atoms with E-state index in [-0.39, 0.29) is 5.56 Å². The number of hydrogen-bond donors (Lipinski definition) is 0. The summed E-state index contributed by atoms with van der Waals surface area (Å²) in [4.78, 5) is 20.6. The molecule has 2 aromatic rings. The fraction of sp³-hybridized carbons (Fsp3) is 0.200. The molecule has 0 saturated carbocycles. The van der Waals surface area contributed by atoms with E-state index in [1.165, 1.54) is 17.5 Å². The second-order valence-electron chi connectivity index (χ2n) is 3.34. The average Bonchev–Trinajstić information content (AvgIpc) is 2.62. The van der Waals surface area contributed by atoms with Crippen LogP contribution in [0.15, 0.2) is 22.9 Å². The Bertz CT molecular complexity index is 536. The van der Waals surface area contributed by atoms with E-state index in [2.05, 4.69) is 4.98 Å². The Hall–Kier alpha value is -1.59. The van der Waals surface area contributed by atoms with Crippen molar-refractivity contribution in [2.45, 2.75) is 0 Å². The Balaban J connectivity index is 2.50. The lowest BCUT2D eigenvalue weighted by Crippen LogP contribution is -2.18. The molecule has 0 bridgehead atoms. The number of hydroxylamine groups is 2. The van der Waals surface area contributed by atoms with Gasteiger partial charge in [-0.05, 0) is 6.07 Å². The maximum absolute atomic E-state index is 11.7. The summed E-state index contributed by atoms with van der Waals surface area (Å²) in [6.07, 6.45) is 1.26. The van der Waals surface area contributed by atoms with Gasteiger partial charge in [-0.1, -0.05) is 11.6 Å². The molecule has 0 N–H and O–H groups in total. The van der Waals surface area contributed by atoms with E-state index < -0.39 is 5.97 Å². The molecule has 0 aliphatic rings. The predicted molar refractivity (Wildman–Crippen MR) is 58.1 cm³/mol. The monoisotopic (exact) mass is 240 g/mol. The number of carbonyl (C=O) groups excluding carboxylic acids is 1. The van der Waals surface area contributed by atoms with Gasteiger partial charge in [-0.2, -0.15) is 0 Å². The highest BCUT2D eigenvalue weighted by Gasteiger charge is 2.16. The van der Waals surface area contributed by atoms with Gasteiger partial charge in [0.1, 0.15) is 5.52 Å². The van der Waals surface area contributed by atoms with Gasteiger partial charge < -0.3 is 9.25 Å². The lowest BCUT2D eigenvalue weighted by atomic mass is 10.2. The number of aromatic nitrogens is 1. The Labute approximate surface area is 96.5 Å². The molecule has 0 fully saturated rings. The fourth-order valence-electron chi connectivity index (χ4n) is 1.30. The summed E-state index contributed by atoms with van der Waals surface area (Å²) in [7, 11) is 3.23. The van der Waals surface area contributed by atoms with Crippen LogP contribution in [0.4, 0.5) is 0 Å². The van der Waals surface area contributed by atoms with E-state index >= 15 is 0 Å². The van der Waals surface area contributed by atoms with Crippen LogP contribution in [0, 0.1) is 0 Å². The van der Waals surface area contributed by atoms with Gasteiger partial charge in [0, 0.05) is 25.2 Å². The molecule has 0 aliphatic carbocycles. The first-order valence-corrected chi connectivity index (χ1v) is 4.88. The largest absolute Gasteiger partial charge is 0.443 e. The van der Waals surface area contributed by atoms with Crippen LogP contribution in [0.2, 0.25) is 5.02 Å². The zero-order valence-electron chi connectivity index (χ0n) is 8.73. The molecule has 1 aromatic carbocycles. The van der Waals surface area contributed by atoms with Crippen molar-refractivity contribution < 1.29 is 14.0 Å². The lowest BCUT2D eigenvalue weighted by Gasteiger charge is -2.09. The number of carbonyl (C=O) groups is 1. The zero-order chi connectivity index (χ0) is 11.7. The van der Waals surface area contributed by atoms with Crippen molar-refractivity contribution in [2.75, 3.05) is 14.1 Å². The van der Waals surface area contributed by atoms with Gasteiger partial charge in [0.15, 0.2) is 12.0 Å². The van der Waals surface area contributed by atoms with Crippen LogP contribution >= 0.6 is 11.6 Å². The van der Waals surface area contributed by atoms with Crippen LogP contribution in [-0.4, -0.2) is 30.1 Å². The summed E-state index contributed by atoms with van der Waals surface area (Å²) in [6.45, 7) is 0. The topological polar surface area (TPSA) is 55.6 Å². The van der Waals surface area contributed by atoms with Crippen molar-refractivity contribution in [3.8, 4) is 0 Å². The van der Waals surface area contributed by atoms with Crippen molar-refractivity contribution in [1.29, 1.82) is 0 Å². The Morgan fingerprint density at radius 2 is 2.25 bits per heavy atom. The van der Waals surface area contributed by atoms with Crippen molar-refractivity contribution in [1.82, 2.24) is 10.0 Å². The standard InChI is InChI=1S/C10H9ClN2O3/c1-13(2)16-10(14)7-3-6(11)4-8-9(7)12-5-15-8/h3-5H,1-2H3. The van der Waals surface area contributed by atoms with E-state index in [0.29, 0.717) is 16.1 Å². The van der Waals surface area contributed by atoms with Crippen molar-refractivity contribution in [3.05, 3.63) is 29.1 Å². The molecule has 2 rings (SSSR count). The van der Waals surface area contributed by atoms with E-state index in [1.54, 1.807) is 20.2 Å².